The van der Waals surface area contributed by atoms with E-state index >= 15 is 0 Å². The zero-order valence-corrected chi connectivity index (χ0v) is 6.06. The van der Waals surface area contributed by atoms with E-state index in [-0.39, 0.29) is 5.56 Å². The lowest BCUT2D eigenvalue weighted by Crippen LogP contribution is -1.96. The number of aliphatic hydroxyl groups excluding tert-OH is 1. The monoisotopic (exact) mass is 158 g/mol. The fourth-order valence-corrected chi connectivity index (χ4v) is 0.883. The predicted octanol–water partition coefficient (Wildman–Crippen LogP) is 1.77. The average Bonchev–Trinajstić information content (AvgIpc) is 1.99. The third-order valence-corrected chi connectivity index (χ3v) is 1.59. The Bertz CT molecular complexity index is 271. The van der Waals surface area contributed by atoms with Gasteiger partial charge in [0, 0.05) is 5.56 Å². The summed E-state index contributed by atoms with van der Waals surface area (Å²) in [6.45, 7) is 1.16. The number of aryl methyl sites for hydroxylation is 1. The quantitative estimate of drug-likeness (QED) is 0.660. The minimum absolute atomic E-state index is 0.0324. The van der Waals surface area contributed by atoms with Gasteiger partial charge >= 0.3 is 0 Å². The molecule has 0 saturated heterocycles. The highest BCUT2D eigenvalue weighted by Crippen LogP contribution is 2.15. The summed E-state index contributed by atoms with van der Waals surface area (Å²) >= 11 is 0. The van der Waals surface area contributed by atoms with E-state index in [0.717, 1.165) is 6.07 Å². The molecule has 1 aromatic rings. The molecule has 0 aliphatic rings. The van der Waals surface area contributed by atoms with Gasteiger partial charge in [0.15, 0.2) is 11.6 Å². The van der Waals surface area contributed by atoms with Crippen LogP contribution in [0.15, 0.2) is 12.1 Å². The van der Waals surface area contributed by atoms with Crippen molar-refractivity contribution < 1.29 is 13.9 Å². The van der Waals surface area contributed by atoms with Crippen LogP contribution < -0.4 is 0 Å². The first-order valence-electron chi connectivity index (χ1n) is 3.21. The maximum absolute atomic E-state index is 12.7. The number of halogens is 2. The fourth-order valence-electron chi connectivity index (χ4n) is 0.883. The average molecular weight is 158 g/mol. The van der Waals surface area contributed by atoms with Crippen molar-refractivity contribution in [2.75, 3.05) is 0 Å². The molecule has 0 aromatic heterocycles. The van der Waals surface area contributed by atoms with Gasteiger partial charge < -0.3 is 5.11 Å². The molecule has 1 rings (SSSR count). The Hall–Kier alpha value is -0.960. The molecule has 3 heteroatoms. The van der Waals surface area contributed by atoms with Gasteiger partial charge in [-0.1, -0.05) is 6.07 Å². The highest BCUT2D eigenvalue weighted by Gasteiger charge is 2.08. The maximum atomic E-state index is 12.7. The third kappa shape index (κ3) is 1.38. The molecule has 0 aliphatic heterocycles. The van der Waals surface area contributed by atoms with Crippen LogP contribution in [0.1, 0.15) is 11.1 Å². The van der Waals surface area contributed by atoms with Crippen LogP contribution in [0.25, 0.3) is 0 Å². The normalized spacial score (nSPS) is 10.2. The summed E-state index contributed by atoms with van der Waals surface area (Å²) in [5.41, 5.74) is 0.594. The van der Waals surface area contributed by atoms with Gasteiger partial charge in [0.2, 0.25) is 0 Å². The second-order valence-corrected chi connectivity index (χ2v) is 2.31. The standard InChI is InChI=1S/C8H8F2O/c1-5-2-3-7(9)8(10)6(5)4-11/h2-3,11H,4H2,1H3. The molecule has 0 saturated carbocycles. The Morgan fingerprint density at radius 1 is 1.36 bits per heavy atom. The zero-order valence-electron chi connectivity index (χ0n) is 6.06. The van der Waals surface area contributed by atoms with E-state index < -0.39 is 18.2 Å². The highest BCUT2D eigenvalue weighted by molar-refractivity contribution is 5.27. The zero-order chi connectivity index (χ0) is 8.43. The Balaban J connectivity index is 3.29. The third-order valence-electron chi connectivity index (χ3n) is 1.59. The minimum Gasteiger partial charge on any atom is -0.392 e. The van der Waals surface area contributed by atoms with Gasteiger partial charge in [0.05, 0.1) is 6.61 Å². The molecular formula is C8H8F2O. The van der Waals surface area contributed by atoms with E-state index in [1.165, 1.54) is 6.07 Å². The second kappa shape index (κ2) is 2.96. The highest BCUT2D eigenvalue weighted by atomic mass is 19.2. The molecule has 1 aromatic carbocycles. The molecule has 0 atom stereocenters. The number of aliphatic hydroxyl groups is 1. The van der Waals surface area contributed by atoms with Gasteiger partial charge in [-0.3, -0.25) is 0 Å². The summed E-state index contributed by atoms with van der Waals surface area (Å²) in [4.78, 5) is 0. The van der Waals surface area contributed by atoms with E-state index in [9.17, 15) is 8.78 Å². The number of hydrogen-bond donors (Lipinski definition) is 1. The molecule has 0 amide bonds. The van der Waals surface area contributed by atoms with Crippen molar-refractivity contribution in [1.29, 1.82) is 0 Å². The van der Waals surface area contributed by atoms with Crippen molar-refractivity contribution in [3.63, 3.8) is 0 Å². The van der Waals surface area contributed by atoms with E-state index in [2.05, 4.69) is 0 Å². The van der Waals surface area contributed by atoms with Crippen LogP contribution >= 0.6 is 0 Å². The van der Waals surface area contributed by atoms with Crippen molar-refractivity contribution in [3.05, 3.63) is 34.9 Å². The number of benzene rings is 1. The summed E-state index contributed by atoms with van der Waals surface area (Å²) in [5, 5.41) is 8.62. The molecule has 11 heavy (non-hydrogen) atoms. The van der Waals surface area contributed by atoms with Crippen molar-refractivity contribution >= 4 is 0 Å². The smallest absolute Gasteiger partial charge is 0.164 e. The van der Waals surface area contributed by atoms with Gasteiger partial charge in [0.1, 0.15) is 0 Å². The maximum Gasteiger partial charge on any atom is 0.164 e. The first-order chi connectivity index (χ1) is 5.16. The van der Waals surface area contributed by atoms with Crippen molar-refractivity contribution in [3.8, 4) is 0 Å². The van der Waals surface area contributed by atoms with Crippen LogP contribution in [-0.4, -0.2) is 5.11 Å². The SMILES string of the molecule is Cc1ccc(F)c(F)c1CO. The van der Waals surface area contributed by atoms with E-state index in [1.54, 1.807) is 6.92 Å². The van der Waals surface area contributed by atoms with Crippen LogP contribution in [0.5, 0.6) is 0 Å². The van der Waals surface area contributed by atoms with Crippen molar-refractivity contribution in [2.45, 2.75) is 13.5 Å². The Labute approximate surface area is 63.3 Å². The lowest BCUT2D eigenvalue weighted by molar-refractivity contribution is 0.272. The van der Waals surface area contributed by atoms with Crippen molar-refractivity contribution in [2.24, 2.45) is 0 Å². The molecule has 0 radical (unpaired) electrons. The topological polar surface area (TPSA) is 20.2 Å². The van der Waals surface area contributed by atoms with Crippen LogP contribution in [0.4, 0.5) is 8.78 Å². The number of hydrogen-bond acceptors (Lipinski definition) is 1. The van der Waals surface area contributed by atoms with Crippen LogP contribution in [0.2, 0.25) is 0 Å². The Morgan fingerprint density at radius 2 is 2.00 bits per heavy atom. The Kier molecular flexibility index (Phi) is 2.19. The first-order valence-corrected chi connectivity index (χ1v) is 3.21. The molecule has 60 valence electrons. The van der Waals surface area contributed by atoms with Crippen LogP contribution in [0.3, 0.4) is 0 Å². The molecule has 0 fully saturated rings. The Morgan fingerprint density at radius 3 is 2.45 bits per heavy atom. The van der Waals surface area contributed by atoms with E-state index in [0.29, 0.717) is 5.56 Å². The first kappa shape index (κ1) is 8.14. The van der Waals surface area contributed by atoms with Gasteiger partial charge in [0.25, 0.3) is 0 Å². The summed E-state index contributed by atoms with van der Waals surface area (Å²) < 4.78 is 25.2. The largest absolute Gasteiger partial charge is 0.392 e. The summed E-state index contributed by atoms with van der Waals surface area (Å²) in [7, 11) is 0. The van der Waals surface area contributed by atoms with E-state index in [1.807, 2.05) is 0 Å². The molecule has 0 bridgehead atoms. The molecule has 1 N–H and O–H groups in total. The molecular weight excluding hydrogens is 150 g/mol. The summed E-state index contributed by atoms with van der Waals surface area (Å²) in [6, 6.07) is 2.48. The number of rotatable bonds is 1. The van der Waals surface area contributed by atoms with Gasteiger partial charge in [-0.25, -0.2) is 8.78 Å². The van der Waals surface area contributed by atoms with E-state index in [4.69, 9.17) is 5.11 Å². The van der Waals surface area contributed by atoms with Gasteiger partial charge in [-0.15, -0.1) is 0 Å². The lowest BCUT2D eigenvalue weighted by atomic mass is 10.1. The molecule has 0 spiro atoms. The van der Waals surface area contributed by atoms with Crippen LogP contribution in [-0.2, 0) is 6.61 Å². The van der Waals surface area contributed by atoms with Crippen LogP contribution in [0, 0.1) is 18.6 Å². The second-order valence-electron chi connectivity index (χ2n) is 2.31. The molecule has 1 nitrogen and oxygen atoms in total. The molecule has 0 unspecified atom stereocenters. The van der Waals surface area contributed by atoms with Gasteiger partial charge in [-0.2, -0.15) is 0 Å². The minimum atomic E-state index is -0.951. The predicted molar refractivity (Wildman–Crippen MR) is 37.0 cm³/mol. The molecule has 0 aliphatic carbocycles. The fraction of sp³-hybridized carbons (Fsp3) is 0.250. The molecule has 0 heterocycles. The van der Waals surface area contributed by atoms with Crippen molar-refractivity contribution in [1.82, 2.24) is 0 Å². The summed E-state index contributed by atoms with van der Waals surface area (Å²) in [5.74, 6) is -1.87. The lowest BCUT2D eigenvalue weighted by Gasteiger charge is -2.03. The summed E-state index contributed by atoms with van der Waals surface area (Å²) in [6.07, 6.45) is 0. The van der Waals surface area contributed by atoms with Gasteiger partial charge in [-0.05, 0) is 18.6 Å².